The monoisotopic (exact) mass is 277 g/mol. The van der Waals surface area contributed by atoms with E-state index in [1.54, 1.807) is 13.8 Å². The summed E-state index contributed by atoms with van der Waals surface area (Å²) in [6.45, 7) is 3.46. The van der Waals surface area contributed by atoms with Crippen molar-refractivity contribution < 1.29 is 14.3 Å². The van der Waals surface area contributed by atoms with Gasteiger partial charge in [0, 0.05) is 5.69 Å². The molecule has 17 heavy (non-hydrogen) atoms. The molecule has 0 aliphatic heterocycles. The molecule has 0 fully saturated rings. The van der Waals surface area contributed by atoms with E-state index < -0.39 is 5.97 Å². The van der Waals surface area contributed by atoms with Crippen molar-refractivity contribution in [1.29, 1.82) is 0 Å². The van der Waals surface area contributed by atoms with Crippen LogP contribution in [0.3, 0.4) is 0 Å². The van der Waals surface area contributed by atoms with E-state index in [9.17, 15) is 4.79 Å². The molecule has 0 spiro atoms. The predicted molar refractivity (Wildman–Crippen MR) is 68.0 cm³/mol. The van der Waals surface area contributed by atoms with Crippen molar-refractivity contribution in [2.45, 2.75) is 20.0 Å². The Balaban J connectivity index is 3.28. The number of methoxy groups -OCH3 is 1. The molecule has 4 nitrogen and oxygen atoms in total. The van der Waals surface area contributed by atoms with Gasteiger partial charge in [0.1, 0.15) is 10.6 Å². The molecule has 0 heterocycles. The van der Waals surface area contributed by atoms with Gasteiger partial charge in [-0.05, 0) is 19.9 Å². The fraction of sp³-hybridized carbons (Fsp3) is 0.364. The van der Waals surface area contributed by atoms with Gasteiger partial charge in [-0.25, -0.2) is 4.79 Å². The van der Waals surface area contributed by atoms with Gasteiger partial charge >= 0.3 is 5.97 Å². The van der Waals surface area contributed by atoms with Gasteiger partial charge in [0.2, 0.25) is 0 Å². The van der Waals surface area contributed by atoms with Crippen LogP contribution in [-0.2, 0) is 4.74 Å². The lowest BCUT2D eigenvalue weighted by Crippen LogP contribution is -2.14. The molecule has 1 aromatic carbocycles. The van der Waals surface area contributed by atoms with Gasteiger partial charge in [-0.15, -0.1) is 0 Å². The lowest BCUT2D eigenvalue weighted by atomic mass is 10.1. The van der Waals surface area contributed by atoms with E-state index in [1.165, 1.54) is 13.2 Å². The van der Waals surface area contributed by atoms with Crippen LogP contribution in [0.4, 0.5) is 5.69 Å². The quantitative estimate of drug-likeness (QED) is 0.681. The van der Waals surface area contributed by atoms with Gasteiger partial charge in [-0.3, -0.25) is 0 Å². The number of nitrogen functional groups attached to an aromatic ring is 1. The molecule has 1 rings (SSSR count). The van der Waals surface area contributed by atoms with Crippen molar-refractivity contribution in [1.82, 2.24) is 0 Å². The summed E-state index contributed by atoms with van der Waals surface area (Å²) in [6.07, 6.45) is -0.264. The summed E-state index contributed by atoms with van der Waals surface area (Å²) in [5.41, 5.74) is 5.93. The summed E-state index contributed by atoms with van der Waals surface area (Å²) in [6, 6.07) is 1.41. The SMILES string of the molecule is COc1c(Cl)cc(N)c(C(=O)OC(C)C)c1Cl. The summed E-state index contributed by atoms with van der Waals surface area (Å²) < 4.78 is 10.0. The lowest BCUT2D eigenvalue weighted by Gasteiger charge is -2.14. The van der Waals surface area contributed by atoms with Crippen LogP contribution < -0.4 is 10.5 Å². The molecule has 1 aromatic rings. The highest BCUT2D eigenvalue weighted by Crippen LogP contribution is 2.39. The molecule has 0 radical (unpaired) electrons. The van der Waals surface area contributed by atoms with Crippen LogP contribution in [0.25, 0.3) is 0 Å². The number of halogens is 2. The number of esters is 1. The molecule has 6 heteroatoms. The molecule has 0 aromatic heterocycles. The maximum atomic E-state index is 11.8. The number of nitrogens with two attached hydrogens (primary N) is 1. The third-order valence-corrected chi connectivity index (χ3v) is 2.60. The second kappa shape index (κ2) is 5.47. The zero-order valence-corrected chi connectivity index (χ0v) is 11.2. The topological polar surface area (TPSA) is 61.5 Å². The molecule has 0 atom stereocenters. The van der Waals surface area contributed by atoms with Crippen molar-refractivity contribution in [3.8, 4) is 5.75 Å². The number of hydrogen-bond acceptors (Lipinski definition) is 4. The zero-order valence-electron chi connectivity index (χ0n) is 9.71. The van der Waals surface area contributed by atoms with Gasteiger partial charge in [0.05, 0.1) is 18.2 Å². The summed E-state index contributed by atoms with van der Waals surface area (Å²) in [5.74, 6) is -0.393. The molecule has 2 N–H and O–H groups in total. The van der Waals surface area contributed by atoms with Crippen molar-refractivity contribution in [2.24, 2.45) is 0 Å². The predicted octanol–water partition coefficient (Wildman–Crippen LogP) is 3.15. The first-order chi connectivity index (χ1) is 7.88. The molecule has 0 aliphatic rings. The highest BCUT2D eigenvalue weighted by atomic mass is 35.5. The molecular weight excluding hydrogens is 265 g/mol. The van der Waals surface area contributed by atoms with Crippen LogP contribution in [-0.4, -0.2) is 19.2 Å². The molecule has 94 valence electrons. The molecule has 0 saturated carbocycles. The first-order valence-electron chi connectivity index (χ1n) is 4.91. The average molecular weight is 278 g/mol. The maximum Gasteiger partial charge on any atom is 0.342 e. The number of carbonyl (C=O) groups excluding carboxylic acids is 1. The molecule has 0 amide bonds. The molecule has 0 saturated heterocycles. The summed E-state index contributed by atoms with van der Waals surface area (Å²) in [7, 11) is 1.40. The Morgan fingerprint density at radius 3 is 2.47 bits per heavy atom. The Labute approximate surface area is 110 Å². The number of hydrogen-bond donors (Lipinski definition) is 1. The fourth-order valence-corrected chi connectivity index (χ4v) is 1.99. The van der Waals surface area contributed by atoms with Crippen molar-refractivity contribution in [2.75, 3.05) is 12.8 Å². The number of ether oxygens (including phenoxy) is 2. The summed E-state index contributed by atoms with van der Waals surface area (Å²) in [5, 5.41) is 0.305. The Morgan fingerprint density at radius 1 is 1.41 bits per heavy atom. The van der Waals surface area contributed by atoms with Crippen LogP contribution in [0, 0.1) is 0 Å². The first kappa shape index (κ1) is 13.9. The lowest BCUT2D eigenvalue weighted by molar-refractivity contribution is 0.0379. The second-order valence-electron chi connectivity index (χ2n) is 3.62. The maximum absolute atomic E-state index is 11.8. The molecule has 0 aliphatic carbocycles. The van der Waals surface area contributed by atoms with Crippen LogP contribution >= 0.6 is 23.2 Å². The Kier molecular flexibility index (Phi) is 4.48. The standard InChI is InChI=1S/C11H13Cl2NO3/c1-5(2)17-11(15)8-7(14)4-6(12)10(16-3)9(8)13/h4-5H,14H2,1-3H3. The van der Waals surface area contributed by atoms with E-state index in [2.05, 4.69) is 0 Å². The van der Waals surface area contributed by atoms with E-state index in [4.69, 9.17) is 38.4 Å². The average Bonchev–Trinajstić information content (AvgIpc) is 2.15. The van der Waals surface area contributed by atoms with Crippen LogP contribution in [0.1, 0.15) is 24.2 Å². The van der Waals surface area contributed by atoms with Crippen LogP contribution in [0.2, 0.25) is 10.0 Å². The van der Waals surface area contributed by atoms with Crippen molar-refractivity contribution in [3.05, 3.63) is 21.7 Å². The first-order valence-corrected chi connectivity index (χ1v) is 5.66. The van der Waals surface area contributed by atoms with Crippen LogP contribution in [0.15, 0.2) is 6.07 Å². The normalized spacial score (nSPS) is 10.5. The van der Waals surface area contributed by atoms with E-state index >= 15 is 0 Å². The zero-order chi connectivity index (χ0) is 13.2. The number of rotatable bonds is 3. The summed E-state index contributed by atoms with van der Waals surface area (Å²) in [4.78, 5) is 11.8. The van der Waals surface area contributed by atoms with Gasteiger partial charge in [0.25, 0.3) is 0 Å². The minimum atomic E-state index is -0.600. The number of carbonyl (C=O) groups is 1. The highest BCUT2D eigenvalue weighted by molar-refractivity contribution is 6.40. The Hall–Kier alpha value is -1.13. The van der Waals surface area contributed by atoms with Crippen molar-refractivity contribution >= 4 is 34.9 Å². The third-order valence-electron chi connectivity index (χ3n) is 1.96. The molecular formula is C11H13Cl2NO3. The molecule has 0 bridgehead atoms. The summed E-state index contributed by atoms with van der Waals surface area (Å²) >= 11 is 11.9. The number of benzene rings is 1. The molecule has 0 unspecified atom stereocenters. The van der Waals surface area contributed by atoms with E-state index in [0.717, 1.165) is 0 Å². The second-order valence-corrected chi connectivity index (χ2v) is 4.41. The minimum absolute atomic E-state index is 0.0585. The Bertz CT molecular complexity index is 447. The largest absolute Gasteiger partial charge is 0.494 e. The van der Waals surface area contributed by atoms with Gasteiger partial charge in [-0.2, -0.15) is 0 Å². The van der Waals surface area contributed by atoms with Gasteiger partial charge in [-0.1, -0.05) is 23.2 Å². The third kappa shape index (κ3) is 2.96. The van der Waals surface area contributed by atoms with E-state index in [0.29, 0.717) is 0 Å². The smallest absolute Gasteiger partial charge is 0.342 e. The highest BCUT2D eigenvalue weighted by Gasteiger charge is 2.22. The van der Waals surface area contributed by atoms with Gasteiger partial charge < -0.3 is 15.2 Å². The minimum Gasteiger partial charge on any atom is -0.494 e. The number of anilines is 1. The fourth-order valence-electron chi connectivity index (χ4n) is 1.29. The van der Waals surface area contributed by atoms with Gasteiger partial charge in [0.15, 0.2) is 5.75 Å². The van der Waals surface area contributed by atoms with E-state index in [-0.39, 0.29) is 33.1 Å². The Morgan fingerprint density at radius 2 is 2.00 bits per heavy atom. The van der Waals surface area contributed by atoms with Crippen LogP contribution in [0.5, 0.6) is 5.75 Å². The van der Waals surface area contributed by atoms with Crippen molar-refractivity contribution in [3.63, 3.8) is 0 Å². The van der Waals surface area contributed by atoms with E-state index in [1.807, 2.05) is 0 Å².